The van der Waals surface area contributed by atoms with Crippen LogP contribution in [-0.2, 0) is 5.60 Å². The lowest BCUT2D eigenvalue weighted by atomic mass is 9.80. The molecule has 0 radical (unpaired) electrons. The molecule has 140 valence electrons. The fourth-order valence-corrected chi connectivity index (χ4v) is 5.74. The lowest BCUT2D eigenvalue weighted by molar-refractivity contribution is 0.0168. The summed E-state index contributed by atoms with van der Waals surface area (Å²) in [5, 5.41) is 37.3. The first-order valence-electron chi connectivity index (χ1n) is 8.88. The van der Waals surface area contributed by atoms with Crippen molar-refractivity contribution in [2.24, 2.45) is 0 Å². The summed E-state index contributed by atoms with van der Waals surface area (Å²) in [6, 6.07) is 7.42. The van der Waals surface area contributed by atoms with E-state index in [2.05, 4.69) is 4.98 Å². The van der Waals surface area contributed by atoms with Gasteiger partial charge in [-0.25, -0.2) is 9.97 Å². The first-order valence-corrected chi connectivity index (χ1v) is 10.5. The Kier molecular flexibility index (Phi) is 4.87. The number of rotatable bonds is 2. The van der Waals surface area contributed by atoms with Crippen molar-refractivity contribution in [2.75, 3.05) is 0 Å². The normalized spacial score (nSPS) is 15.3. The van der Waals surface area contributed by atoms with E-state index in [0.29, 0.717) is 15.9 Å². The van der Waals surface area contributed by atoms with Crippen LogP contribution in [0.15, 0.2) is 11.1 Å². The third-order valence-electron chi connectivity index (χ3n) is 4.86. The van der Waals surface area contributed by atoms with Crippen LogP contribution in [0, 0.1) is 45.3 Å². The lowest BCUT2D eigenvalue weighted by Gasteiger charge is -2.38. The van der Waals surface area contributed by atoms with E-state index in [1.807, 2.05) is 24.3 Å². The standard InChI is InChI=1S/C20H12N6OS2/c21-8-12(9-22)6-14-25-18-16(28-14)17-19(27-20(18)4-2-1-3-5-20)26-15(29-17)7-13(10-23)11-24/h6-7H,1-5H2. The highest BCUT2D eigenvalue weighted by atomic mass is 32.1. The molecule has 0 N–H and O–H groups in total. The highest BCUT2D eigenvalue weighted by molar-refractivity contribution is 7.23. The Morgan fingerprint density at radius 3 is 1.97 bits per heavy atom. The minimum Gasteiger partial charge on any atom is -0.463 e. The van der Waals surface area contributed by atoms with Gasteiger partial charge in [0.25, 0.3) is 0 Å². The summed E-state index contributed by atoms with van der Waals surface area (Å²) in [5.74, 6) is 0.492. The van der Waals surface area contributed by atoms with E-state index in [-0.39, 0.29) is 11.1 Å². The summed E-state index contributed by atoms with van der Waals surface area (Å²) in [6.45, 7) is 0. The van der Waals surface area contributed by atoms with Crippen LogP contribution in [0.5, 0.6) is 5.88 Å². The molecule has 1 spiro atoms. The topological polar surface area (TPSA) is 130 Å². The second-order valence-corrected chi connectivity index (χ2v) is 8.70. The summed E-state index contributed by atoms with van der Waals surface area (Å²) < 4.78 is 6.39. The number of hydrogen-bond acceptors (Lipinski definition) is 9. The minimum absolute atomic E-state index is 0.00413. The van der Waals surface area contributed by atoms with Gasteiger partial charge in [0, 0.05) is 12.2 Å². The molecule has 29 heavy (non-hydrogen) atoms. The van der Waals surface area contributed by atoms with Crippen molar-refractivity contribution in [2.45, 2.75) is 37.7 Å². The highest BCUT2D eigenvalue weighted by Gasteiger charge is 2.46. The number of thiazole rings is 2. The van der Waals surface area contributed by atoms with E-state index in [1.165, 1.54) is 34.8 Å². The molecule has 2 aromatic rings. The Balaban J connectivity index is 1.87. The van der Waals surface area contributed by atoms with Gasteiger partial charge in [0.2, 0.25) is 5.88 Å². The number of nitriles is 4. The van der Waals surface area contributed by atoms with E-state index >= 15 is 0 Å². The quantitative estimate of drug-likeness (QED) is 0.649. The van der Waals surface area contributed by atoms with Crippen molar-refractivity contribution in [3.63, 3.8) is 0 Å². The van der Waals surface area contributed by atoms with Gasteiger partial charge in [-0.15, -0.1) is 22.7 Å². The molecule has 1 fully saturated rings. The molecule has 0 unspecified atom stereocenters. The second-order valence-electron chi connectivity index (χ2n) is 6.64. The molecule has 4 rings (SSSR count). The predicted molar refractivity (Wildman–Crippen MR) is 107 cm³/mol. The average Bonchev–Trinajstić information content (AvgIpc) is 3.35. The summed E-state index contributed by atoms with van der Waals surface area (Å²) in [4.78, 5) is 11.0. The smallest absolute Gasteiger partial charge is 0.235 e. The molecule has 0 atom stereocenters. The number of ether oxygens (including phenoxy) is 1. The monoisotopic (exact) mass is 416 g/mol. The second kappa shape index (κ2) is 7.49. The van der Waals surface area contributed by atoms with E-state index < -0.39 is 5.60 Å². The average molecular weight is 416 g/mol. The van der Waals surface area contributed by atoms with Crippen LogP contribution in [0.25, 0.3) is 21.9 Å². The van der Waals surface area contributed by atoms with Gasteiger partial charge in [0.15, 0.2) is 5.60 Å². The molecule has 3 heterocycles. The van der Waals surface area contributed by atoms with Gasteiger partial charge in [-0.05, 0) is 25.7 Å². The van der Waals surface area contributed by atoms with Crippen LogP contribution < -0.4 is 4.74 Å². The third-order valence-corrected chi connectivity index (χ3v) is 7.02. The Labute approximate surface area is 175 Å². The van der Waals surface area contributed by atoms with Gasteiger partial charge in [0.1, 0.15) is 56.0 Å². The van der Waals surface area contributed by atoms with Crippen molar-refractivity contribution in [3.05, 3.63) is 26.9 Å². The predicted octanol–water partition coefficient (Wildman–Crippen LogP) is 4.68. The fourth-order valence-electron chi connectivity index (χ4n) is 3.58. The summed E-state index contributed by atoms with van der Waals surface area (Å²) >= 11 is 2.73. The number of allylic oxidation sites excluding steroid dienone is 2. The van der Waals surface area contributed by atoms with E-state index in [9.17, 15) is 0 Å². The Morgan fingerprint density at radius 2 is 1.38 bits per heavy atom. The Bertz CT molecular complexity index is 1180. The molecule has 2 aliphatic rings. The van der Waals surface area contributed by atoms with Crippen molar-refractivity contribution in [1.82, 2.24) is 9.97 Å². The molecule has 2 aromatic heterocycles. The maximum absolute atomic E-state index is 9.07. The first kappa shape index (κ1) is 18.8. The molecule has 0 aromatic carbocycles. The van der Waals surface area contributed by atoms with Crippen LogP contribution >= 0.6 is 22.7 Å². The maximum atomic E-state index is 9.07. The van der Waals surface area contributed by atoms with Crippen molar-refractivity contribution < 1.29 is 4.74 Å². The van der Waals surface area contributed by atoms with E-state index in [0.717, 1.165) is 47.6 Å². The van der Waals surface area contributed by atoms with Crippen molar-refractivity contribution in [3.8, 4) is 39.9 Å². The molecule has 0 amide bonds. The number of hydrogen-bond donors (Lipinski definition) is 0. The Hall–Kier alpha value is -3.50. The largest absolute Gasteiger partial charge is 0.463 e. The van der Waals surface area contributed by atoms with Crippen molar-refractivity contribution >= 4 is 34.8 Å². The number of aromatic nitrogens is 2. The molecule has 7 nitrogen and oxygen atoms in total. The van der Waals surface area contributed by atoms with Gasteiger partial charge >= 0.3 is 0 Å². The summed E-state index contributed by atoms with van der Waals surface area (Å²) in [7, 11) is 0. The van der Waals surface area contributed by atoms with Gasteiger partial charge in [-0.2, -0.15) is 21.0 Å². The van der Waals surface area contributed by atoms with Crippen LogP contribution in [0.2, 0.25) is 0 Å². The minimum atomic E-state index is -0.565. The molecular formula is C20H12N6OS2. The van der Waals surface area contributed by atoms with Crippen LogP contribution in [0.3, 0.4) is 0 Å². The zero-order valence-corrected chi connectivity index (χ0v) is 16.7. The van der Waals surface area contributed by atoms with Gasteiger partial charge in [-0.3, -0.25) is 0 Å². The fraction of sp³-hybridized carbons (Fsp3) is 0.300. The van der Waals surface area contributed by atoms with Crippen LogP contribution in [-0.4, -0.2) is 9.97 Å². The first-order chi connectivity index (χ1) is 14.1. The molecular weight excluding hydrogens is 404 g/mol. The SMILES string of the molecule is N#CC(C#N)=Cc1nc2c(s1)-c1sc(C=C(C#N)C#N)nc1C1(CCCCC1)O2. The molecule has 1 saturated carbocycles. The zero-order chi connectivity index (χ0) is 20.4. The third kappa shape index (κ3) is 3.28. The zero-order valence-electron chi connectivity index (χ0n) is 15.1. The lowest BCUT2D eigenvalue weighted by Crippen LogP contribution is -2.38. The van der Waals surface area contributed by atoms with E-state index in [4.69, 9.17) is 30.8 Å². The molecule has 1 aliphatic carbocycles. The Morgan fingerprint density at radius 1 is 0.828 bits per heavy atom. The van der Waals surface area contributed by atoms with Gasteiger partial charge in [-0.1, -0.05) is 6.42 Å². The molecule has 1 aliphatic heterocycles. The van der Waals surface area contributed by atoms with Crippen LogP contribution in [0.1, 0.15) is 47.8 Å². The van der Waals surface area contributed by atoms with E-state index in [1.54, 1.807) is 0 Å². The molecule has 0 bridgehead atoms. The molecule has 9 heteroatoms. The van der Waals surface area contributed by atoms with Crippen LogP contribution in [0.4, 0.5) is 0 Å². The maximum Gasteiger partial charge on any atom is 0.235 e. The van der Waals surface area contributed by atoms with Gasteiger partial charge in [0.05, 0.1) is 4.88 Å². The van der Waals surface area contributed by atoms with Gasteiger partial charge < -0.3 is 4.74 Å². The summed E-state index contributed by atoms with van der Waals surface area (Å²) in [6.07, 6.45) is 7.75. The summed E-state index contributed by atoms with van der Waals surface area (Å²) in [5.41, 5.74) is 0.237. The molecule has 0 saturated heterocycles. The van der Waals surface area contributed by atoms with Crippen molar-refractivity contribution in [1.29, 1.82) is 21.0 Å². The number of fused-ring (bicyclic) bond motifs is 4. The number of nitrogens with zero attached hydrogens (tertiary/aromatic N) is 6. The highest BCUT2D eigenvalue weighted by Crippen LogP contribution is 2.54.